The number of anilines is 2. The van der Waals surface area contributed by atoms with E-state index in [0.717, 1.165) is 22.6 Å². The lowest BCUT2D eigenvalue weighted by Crippen LogP contribution is -2.14. The highest BCUT2D eigenvalue weighted by Crippen LogP contribution is 2.25. The summed E-state index contributed by atoms with van der Waals surface area (Å²) in [6.07, 6.45) is 5.29. The number of hydrogen-bond donors (Lipinski definition) is 1. The van der Waals surface area contributed by atoms with Crippen molar-refractivity contribution in [2.45, 2.75) is 0 Å². The first kappa shape index (κ1) is 12.6. The first-order valence-electron chi connectivity index (χ1n) is 6.09. The van der Waals surface area contributed by atoms with Gasteiger partial charge in [-0.1, -0.05) is 24.4 Å². The Hall–Kier alpha value is -2.47. The molecule has 0 saturated heterocycles. The molecule has 0 unspecified atom stereocenters. The molecule has 0 saturated carbocycles. The minimum Gasteiger partial charge on any atom is -0.389 e. The maximum atomic E-state index is 5.68. The van der Waals surface area contributed by atoms with Crippen molar-refractivity contribution in [2.75, 3.05) is 11.9 Å². The van der Waals surface area contributed by atoms with E-state index >= 15 is 0 Å². The molecule has 5 nitrogen and oxygen atoms in total. The lowest BCUT2D eigenvalue weighted by atomic mass is 10.2. The molecule has 0 fully saturated rings. The number of benzene rings is 1. The van der Waals surface area contributed by atoms with E-state index in [9.17, 15) is 0 Å². The summed E-state index contributed by atoms with van der Waals surface area (Å²) in [5.74, 6) is 0.824. The van der Waals surface area contributed by atoms with E-state index in [1.54, 1.807) is 16.9 Å². The molecule has 0 radical (unpaired) electrons. The highest BCUT2D eigenvalue weighted by Gasteiger charge is 2.11. The minimum atomic E-state index is 0.385. The molecule has 2 heterocycles. The van der Waals surface area contributed by atoms with E-state index in [2.05, 4.69) is 10.1 Å². The largest absolute Gasteiger partial charge is 0.389 e. The second-order valence-corrected chi connectivity index (χ2v) is 4.83. The minimum absolute atomic E-state index is 0.385. The lowest BCUT2D eigenvalue weighted by Gasteiger charge is -2.19. The van der Waals surface area contributed by atoms with Gasteiger partial charge in [-0.3, -0.25) is 0 Å². The molecule has 0 aliphatic heterocycles. The normalized spacial score (nSPS) is 10.7. The van der Waals surface area contributed by atoms with Crippen molar-refractivity contribution in [3.8, 4) is 0 Å². The van der Waals surface area contributed by atoms with Crippen LogP contribution in [0.5, 0.6) is 0 Å². The van der Waals surface area contributed by atoms with Crippen LogP contribution in [0.4, 0.5) is 11.5 Å². The SMILES string of the molecule is CN(c1cccc(C(N)=S)c1)c1nccn2nccc12. The summed E-state index contributed by atoms with van der Waals surface area (Å²) in [5, 5.41) is 4.21. The van der Waals surface area contributed by atoms with Crippen LogP contribution in [0.25, 0.3) is 5.52 Å². The first-order valence-corrected chi connectivity index (χ1v) is 6.49. The van der Waals surface area contributed by atoms with E-state index in [1.807, 2.05) is 48.5 Å². The summed E-state index contributed by atoms with van der Waals surface area (Å²) < 4.78 is 1.79. The topological polar surface area (TPSA) is 59.5 Å². The van der Waals surface area contributed by atoms with Crippen LogP contribution in [0.1, 0.15) is 5.56 Å². The molecular formula is C14H13N5S. The Balaban J connectivity index is 2.08. The number of rotatable bonds is 3. The zero-order chi connectivity index (χ0) is 14.1. The third kappa shape index (κ3) is 2.10. The van der Waals surface area contributed by atoms with Crippen LogP contribution in [0, 0.1) is 0 Å². The molecule has 0 bridgehead atoms. The predicted molar refractivity (Wildman–Crippen MR) is 83.4 cm³/mol. The molecule has 0 spiro atoms. The third-order valence-corrected chi connectivity index (χ3v) is 3.38. The van der Waals surface area contributed by atoms with Gasteiger partial charge in [-0.15, -0.1) is 0 Å². The summed E-state index contributed by atoms with van der Waals surface area (Å²) in [4.78, 5) is 6.80. The average Bonchev–Trinajstić information content (AvgIpc) is 2.95. The molecule has 3 aromatic rings. The molecule has 20 heavy (non-hydrogen) atoms. The van der Waals surface area contributed by atoms with E-state index < -0.39 is 0 Å². The Morgan fingerprint density at radius 2 is 2.15 bits per heavy atom. The van der Waals surface area contributed by atoms with E-state index in [0.29, 0.717) is 4.99 Å². The summed E-state index contributed by atoms with van der Waals surface area (Å²) in [6.45, 7) is 0. The first-order chi connectivity index (χ1) is 9.66. The molecule has 3 rings (SSSR count). The van der Waals surface area contributed by atoms with Crippen molar-refractivity contribution >= 4 is 34.2 Å². The van der Waals surface area contributed by atoms with Crippen molar-refractivity contribution < 1.29 is 0 Å². The maximum Gasteiger partial charge on any atom is 0.158 e. The highest BCUT2D eigenvalue weighted by molar-refractivity contribution is 7.80. The van der Waals surface area contributed by atoms with Crippen molar-refractivity contribution in [3.05, 3.63) is 54.5 Å². The zero-order valence-corrected chi connectivity index (χ0v) is 11.7. The average molecular weight is 283 g/mol. The van der Waals surface area contributed by atoms with E-state index in [1.165, 1.54) is 0 Å². The number of nitrogens with zero attached hydrogens (tertiary/aromatic N) is 4. The zero-order valence-electron chi connectivity index (χ0n) is 10.9. The molecule has 1 aromatic carbocycles. The van der Waals surface area contributed by atoms with Crippen LogP contribution in [-0.2, 0) is 0 Å². The summed E-state index contributed by atoms with van der Waals surface area (Å²) in [6, 6.07) is 9.69. The number of thiocarbonyl (C=S) groups is 1. The predicted octanol–water partition coefficient (Wildman–Crippen LogP) is 2.13. The third-order valence-electron chi connectivity index (χ3n) is 3.14. The van der Waals surface area contributed by atoms with Crippen LogP contribution < -0.4 is 10.6 Å². The van der Waals surface area contributed by atoms with Gasteiger partial charge in [0.05, 0.1) is 6.20 Å². The lowest BCUT2D eigenvalue weighted by molar-refractivity contribution is 0.938. The fourth-order valence-electron chi connectivity index (χ4n) is 2.09. The van der Waals surface area contributed by atoms with Gasteiger partial charge >= 0.3 is 0 Å². The number of fused-ring (bicyclic) bond motifs is 1. The monoisotopic (exact) mass is 283 g/mol. The fourth-order valence-corrected chi connectivity index (χ4v) is 2.22. The Morgan fingerprint density at radius 3 is 2.95 bits per heavy atom. The standard InChI is InChI=1S/C14H13N5S/c1-18(11-4-2-3-10(9-11)13(15)20)14-12-5-6-17-19(12)8-7-16-14/h2-9H,1H3,(H2,15,20). The number of hydrogen-bond acceptors (Lipinski definition) is 4. The summed E-state index contributed by atoms with van der Waals surface area (Å²) in [5.41, 5.74) is 8.43. The quantitative estimate of drug-likeness (QED) is 0.746. The van der Waals surface area contributed by atoms with Gasteiger partial charge in [0.15, 0.2) is 5.82 Å². The van der Waals surface area contributed by atoms with Crippen LogP contribution in [0.15, 0.2) is 48.9 Å². The Kier molecular flexibility index (Phi) is 3.08. The highest BCUT2D eigenvalue weighted by atomic mass is 32.1. The van der Waals surface area contributed by atoms with Gasteiger partial charge in [-0.2, -0.15) is 5.10 Å². The molecular weight excluding hydrogens is 270 g/mol. The van der Waals surface area contributed by atoms with Crippen LogP contribution in [-0.4, -0.2) is 26.6 Å². The number of aromatic nitrogens is 3. The van der Waals surface area contributed by atoms with Gasteiger partial charge in [-0.25, -0.2) is 9.50 Å². The van der Waals surface area contributed by atoms with Gasteiger partial charge in [0, 0.05) is 30.7 Å². The summed E-state index contributed by atoms with van der Waals surface area (Å²) >= 11 is 5.02. The van der Waals surface area contributed by atoms with Gasteiger partial charge in [0.2, 0.25) is 0 Å². The van der Waals surface area contributed by atoms with Gasteiger partial charge in [-0.05, 0) is 18.2 Å². The smallest absolute Gasteiger partial charge is 0.158 e. The maximum absolute atomic E-state index is 5.68. The Morgan fingerprint density at radius 1 is 1.30 bits per heavy atom. The molecule has 0 atom stereocenters. The molecule has 2 N–H and O–H groups in total. The molecule has 0 amide bonds. The van der Waals surface area contributed by atoms with Gasteiger partial charge < -0.3 is 10.6 Å². The van der Waals surface area contributed by atoms with Gasteiger partial charge in [0.25, 0.3) is 0 Å². The second-order valence-electron chi connectivity index (χ2n) is 4.39. The molecule has 6 heteroatoms. The van der Waals surface area contributed by atoms with E-state index in [4.69, 9.17) is 18.0 Å². The van der Waals surface area contributed by atoms with Crippen LogP contribution in [0.3, 0.4) is 0 Å². The molecule has 0 aliphatic carbocycles. The van der Waals surface area contributed by atoms with Gasteiger partial charge in [0.1, 0.15) is 10.5 Å². The Bertz CT molecular complexity index is 780. The Labute approximate surface area is 121 Å². The number of nitrogens with two attached hydrogens (primary N) is 1. The molecule has 0 aliphatic rings. The fraction of sp³-hybridized carbons (Fsp3) is 0.0714. The van der Waals surface area contributed by atoms with Crippen LogP contribution in [0.2, 0.25) is 0 Å². The van der Waals surface area contributed by atoms with E-state index in [-0.39, 0.29) is 0 Å². The molecule has 100 valence electrons. The second kappa shape index (κ2) is 4.90. The van der Waals surface area contributed by atoms with Crippen molar-refractivity contribution in [1.82, 2.24) is 14.6 Å². The van der Waals surface area contributed by atoms with Crippen molar-refractivity contribution in [3.63, 3.8) is 0 Å². The summed E-state index contributed by atoms with van der Waals surface area (Å²) in [7, 11) is 1.95. The molecule has 2 aromatic heterocycles. The van der Waals surface area contributed by atoms with Crippen LogP contribution >= 0.6 is 12.2 Å². The van der Waals surface area contributed by atoms with Crippen molar-refractivity contribution in [1.29, 1.82) is 0 Å². The van der Waals surface area contributed by atoms with Crippen molar-refractivity contribution in [2.24, 2.45) is 5.73 Å².